The standard InChI is InChI=1S/C19H23NO2/c1-14-6-4-7-15(10-14)11-17(13-20-2)19(21)16-8-5-9-18(12-16)22-3/h4-10,12,17,20H,11,13H2,1-3H3. The summed E-state index contributed by atoms with van der Waals surface area (Å²) in [6, 6.07) is 15.7. The first-order valence-electron chi connectivity index (χ1n) is 7.52. The molecular weight excluding hydrogens is 274 g/mol. The molecule has 3 heteroatoms. The summed E-state index contributed by atoms with van der Waals surface area (Å²) in [6.07, 6.45) is 0.735. The number of aryl methyl sites for hydroxylation is 1. The van der Waals surface area contributed by atoms with E-state index in [1.165, 1.54) is 11.1 Å². The Morgan fingerprint density at radius 2 is 1.95 bits per heavy atom. The van der Waals surface area contributed by atoms with Crippen molar-refractivity contribution in [3.63, 3.8) is 0 Å². The first kappa shape index (κ1) is 16.2. The van der Waals surface area contributed by atoms with E-state index in [1.807, 2.05) is 31.3 Å². The van der Waals surface area contributed by atoms with Gasteiger partial charge in [-0.25, -0.2) is 0 Å². The molecule has 2 aromatic carbocycles. The van der Waals surface area contributed by atoms with Crippen LogP contribution in [-0.2, 0) is 6.42 Å². The van der Waals surface area contributed by atoms with E-state index in [0.29, 0.717) is 17.9 Å². The Kier molecular flexibility index (Phi) is 5.73. The van der Waals surface area contributed by atoms with Crippen molar-refractivity contribution in [1.29, 1.82) is 0 Å². The maximum Gasteiger partial charge on any atom is 0.167 e. The number of carbonyl (C=O) groups excluding carboxylic acids is 1. The lowest BCUT2D eigenvalue weighted by molar-refractivity contribution is 0.0918. The van der Waals surface area contributed by atoms with E-state index in [4.69, 9.17) is 4.74 Å². The van der Waals surface area contributed by atoms with Crippen LogP contribution in [0.15, 0.2) is 48.5 Å². The molecule has 3 nitrogen and oxygen atoms in total. The minimum atomic E-state index is -0.0843. The van der Waals surface area contributed by atoms with Gasteiger partial charge in [0.1, 0.15) is 5.75 Å². The molecule has 0 aliphatic carbocycles. The summed E-state index contributed by atoms with van der Waals surface area (Å²) in [5, 5.41) is 3.13. The van der Waals surface area contributed by atoms with Crippen LogP contribution in [0.4, 0.5) is 0 Å². The molecule has 0 radical (unpaired) electrons. The molecule has 0 amide bonds. The molecule has 116 valence electrons. The molecule has 0 fully saturated rings. The van der Waals surface area contributed by atoms with Gasteiger partial charge >= 0.3 is 0 Å². The van der Waals surface area contributed by atoms with Crippen LogP contribution in [0.3, 0.4) is 0 Å². The average molecular weight is 297 g/mol. The zero-order valence-corrected chi connectivity index (χ0v) is 13.4. The highest BCUT2D eigenvalue weighted by Crippen LogP contribution is 2.19. The molecule has 0 aliphatic rings. The maximum absolute atomic E-state index is 12.8. The number of ketones is 1. The smallest absolute Gasteiger partial charge is 0.167 e. The number of benzene rings is 2. The number of ether oxygens (including phenoxy) is 1. The van der Waals surface area contributed by atoms with Gasteiger partial charge in [-0.2, -0.15) is 0 Å². The molecule has 2 aromatic rings. The lowest BCUT2D eigenvalue weighted by Crippen LogP contribution is -2.28. The van der Waals surface area contributed by atoms with Crippen LogP contribution in [0.2, 0.25) is 0 Å². The number of hydrogen-bond acceptors (Lipinski definition) is 3. The van der Waals surface area contributed by atoms with Crippen LogP contribution in [0, 0.1) is 12.8 Å². The van der Waals surface area contributed by atoms with Gasteiger partial charge in [0.2, 0.25) is 0 Å². The number of rotatable bonds is 7. The lowest BCUT2D eigenvalue weighted by Gasteiger charge is -2.16. The molecule has 1 N–H and O–H groups in total. The van der Waals surface area contributed by atoms with Crippen molar-refractivity contribution in [2.75, 3.05) is 20.7 Å². The van der Waals surface area contributed by atoms with Crippen molar-refractivity contribution < 1.29 is 9.53 Å². The fraction of sp³-hybridized carbons (Fsp3) is 0.316. The van der Waals surface area contributed by atoms with Gasteiger partial charge in [0.15, 0.2) is 5.78 Å². The predicted octanol–water partition coefficient (Wildman–Crippen LogP) is 3.26. The van der Waals surface area contributed by atoms with E-state index in [-0.39, 0.29) is 11.7 Å². The second-order valence-electron chi connectivity index (χ2n) is 5.54. The average Bonchev–Trinajstić information content (AvgIpc) is 2.54. The first-order chi connectivity index (χ1) is 10.6. The Morgan fingerprint density at radius 3 is 2.64 bits per heavy atom. The Balaban J connectivity index is 2.20. The van der Waals surface area contributed by atoms with Crippen LogP contribution >= 0.6 is 0 Å². The summed E-state index contributed by atoms with van der Waals surface area (Å²) in [5.74, 6) is 0.776. The highest BCUT2D eigenvalue weighted by Gasteiger charge is 2.20. The summed E-state index contributed by atoms with van der Waals surface area (Å²) in [4.78, 5) is 12.8. The van der Waals surface area contributed by atoms with Crippen molar-refractivity contribution in [2.24, 2.45) is 5.92 Å². The molecular formula is C19H23NO2. The lowest BCUT2D eigenvalue weighted by atomic mass is 9.90. The third-order valence-corrected chi connectivity index (χ3v) is 3.74. The molecule has 1 atom stereocenters. The minimum Gasteiger partial charge on any atom is -0.497 e. The van der Waals surface area contributed by atoms with E-state index >= 15 is 0 Å². The third kappa shape index (κ3) is 4.18. The molecule has 0 heterocycles. The fourth-order valence-electron chi connectivity index (χ4n) is 2.64. The Labute approximate surface area is 132 Å². The summed E-state index contributed by atoms with van der Waals surface area (Å²) in [5.41, 5.74) is 3.11. The first-order valence-corrected chi connectivity index (χ1v) is 7.52. The SMILES string of the molecule is CNCC(Cc1cccc(C)c1)C(=O)c1cccc(OC)c1. The van der Waals surface area contributed by atoms with Gasteiger partial charge in [-0.1, -0.05) is 42.0 Å². The predicted molar refractivity (Wildman–Crippen MR) is 89.6 cm³/mol. The number of Topliss-reactive ketones (excluding diaryl/α,β-unsaturated/α-hetero) is 1. The largest absolute Gasteiger partial charge is 0.497 e. The van der Waals surface area contributed by atoms with Crippen LogP contribution in [0.1, 0.15) is 21.5 Å². The quantitative estimate of drug-likeness (QED) is 0.797. The molecule has 0 saturated carbocycles. The molecule has 0 spiro atoms. The maximum atomic E-state index is 12.8. The topological polar surface area (TPSA) is 38.3 Å². The monoisotopic (exact) mass is 297 g/mol. The van der Waals surface area contributed by atoms with E-state index in [1.54, 1.807) is 13.2 Å². The molecule has 0 aliphatic heterocycles. The van der Waals surface area contributed by atoms with Crippen molar-refractivity contribution in [3.05, 3.63) is 65.2 Å². The van der Waals surface area contributed by atoms with E-state index in [0.717, 1.165) is 6.42 Å². The van der Waals surface area contributed by atoms with Crippen LogP contribution in [0.25, 0.3) is 0 Å². The summed E-state index contributed by atoms with van der Waals surface area (Å²) in [6.45, 7) is 2.73. The van der Waals surface area contributed by atoms with Gasteiger partial charge in [-0.15, -0.1) is 0 Å². The second kappa shape index (κ2) is 7.76. The summed E-state index contributed by atoms with van der Waals surface area (Å²) in [7, 11) is 3.49. The van der Waals surface area contributed by atoms with Gasteiger partial charge < -0.3 is 10.1 Å². The van der Waals surface area contributed by atoms with Gasteiger partial charge in [0.05, 0.1) is 7.11 Å². The molecule has 22 heavy (non-hydrogen) atoms. The van der Waals surface area contributed by atoms with E-state index < -0.39 is 0 Å². The van der Waals surface area contributed by atoms with Gasteiger partial charge in [0, 0.05) is 18.0 Å². The van der Waals surface area contributed by atoms with Crippen molar-refractivity contribution >= 4 is 5.78 Å². The zero-order valence-electron chi connectivity index (χ0n) is 13.4. The van der Waals surface area contributed by atoms with Crippen molar-refractivity contribution in [1.82, 2.24) is 5.32 Å². The van der Waals surface area contributed by atoms with Crippen molar-refractivity contribution in [2.45, 2.75) is 13.3 Å². The highest BCUT2D eigenvalue weighted by atomic mass is 16.5. The number of carbonyl (C=O) groups is 1. The summed E-state index contributed by atoms with van der Waals surface area (Å²) >= 11 is 0. The van der Waals surface area contributed by atoms with Crippen molar-refractivity contribution in [3.8, 4) is 5.75 Å². The second-order valence-corrected chi connectivity index (χ2v) is 5.54. The van der Waals surface area contributed by atoms with E-state index in [2.05, 4.69) is 30.4 Å². The minimum absolute atomic E-state index is 0.0843. The molecule has 0 saturated heterocycles. The number of methoxy groups -OCH3 is 1. The van der Waals surface area contributed by atoms with Gasteiger partial charge in [-0.3, -0.25) is 4.79 Å². The van der Waals surface area contributed by atoms with Crippen LogP contribution in [0.5, 0.6) is 5.75 Å². The summed E-state index contributed by atoms with van der Waals surface area (Å²) < 4.78 is 5.21. The van der Waals surface area contributed by atoms with Crippen LogP contribution < -0.4 is 10.1 Å². The zero-order chi connectivity index (χ0) is 15.9. The highest BCUT2D eigenvalue weighted by molar-refractivity contribution is 5.98. The van der Waals surface area contributed by atoms with Gasteiger partial charge in [0.25, 0.3) is 0 Å². The Hall–Kier alpha value is -2.13. The number of hydrogen-bond donors (Lipinski definition) is 1. The molecule has 0 bridgehead atoms. The van der Waals surface area contributed by atoms with Gasteiger partial charge in [-0.05, 0) is 38.1 Å². The Morgan fingerprint density at radius 1 is 1.18 bits per heavy atom. The molecule has 1 unspecified atom stereocenters. The molecule has 0 aromatic heterocycles. The third-order valence-electron chi connectivity index (χ3n) is 3.74. The fourth-order valence-corrected chi connectivity index (χ4v) is 2.64. The van der Waals surface area contributed by atoms with E-state index in [9.17, 15) is 4.79 Å². The van der Waals surface area contributed by atoms with Crippen LogP contribution in [-0.4, -0.2) is 26.5 Å². The normalized spacial score (nSPS) is 12.0. The molecule has 2 rings (SSSR count). The number of nitrogens with one attached hydrogen (secondary N) is 1. The Bertz CT molecular complexity index is 637.